The van der Waals surface area contributed by atoms with Crippen molar-refractivity contribution in [2.75, 3.05) is 19.8 Å². The van der Waals surface area contributed by atoms with Crippen LogP contribution < -0.4 is 0 Å². The highest BCUT2D eigenvalue weighted by atomic mass is 16.5. The van der Waals surface area contributed by atoms with Crippen molar-refractivity contribution in [2.24, 2.45) is 5.41 Å². The van der Waals surface area contributed by atoms with Crippen LogP contribution >= 0.6 is 0 Å². The maximum absolute atomic E-state index is 11.1. The molecule has 0 aromatic rings. The Balaban J connectivity index is 1.66. The van der Waals surface area contributed by atoms with Crippen molar-refractivity contribution in [2.45, 2.75) is 51.2 Å². The minimum atomic E-state index is -0.319. The molecule has 4 nitrogen and oxygen atoms in total. The lowest BCUT2D eigenvalue weighted by Crippen LogP contribution is -2.46. The van der Waals surface area contributed by atoms with Gasteiger partial charge in [0.2, 0.25) is 0 Å². The molecule has 19 heavy (non-hydrogen) atoms. The molecule has 0 aromatic heterocycles. The number of hydrogen-bond acceptors (Lipinski definition) is 4. The first-order valence-electron chi connectivity index (χ1n) is 7.20. The third-order valence-electron chi connectivity index (χ3n) is 4.26. The maximum Gasteiger partial charge on any atom is 0.330 e. The fourth-order valence-electron chi connectivity index (χ4n) is 2.60. The molecule has 0 spiro atoms. The topological polar surface area (TPSA) is 44.8 Å². The van der Waals surface area contributed by atoms with Gasteiger partial charge < -0.3 is 14.2 Å². The minimum Gasteiger partial charge on any atom is -0.459 e. The molecule has 108 valence electrons. The number of carbonyl (C=O) groups excluding carboxylic acids is 1. The first-order chi connectivity index (χ1) is 9.17. The Bertz CT molecular complexity index is 309. The van der Waals surface area contributed by atoms with E-state index in [1.54, 1.807) is 0 Å². The lowest BCUT2D eigenvalue weighted by atomic mass is 9.84. The molecule has 2 aliphatic rings. The van der Waals surface area contributed by atoms with E-state index in [1.165, 1.54) is 6.08 Å². The molecule has 1 saturated heterocycles. The summed E-state index contributed by atoms with van der Waals surface area (Å²) >= 11 is 0. The van der Waals surface area contributed by atoms with Gasteiger partial charge in [-0.2, -0.15) is 0 Å². The molecular formula is C15H24O4. The van der Waals surface area contributed by atoms with E-state index in [1.807, 2.05) is 0 Å². The lowest BCUT2D eigenvalue weighted by Gasteiger charge is -2.41. The zero-order chi connectivity index (χ0) is 13.7. The van der Waals surface area contributed by atoms with Crippen molar-refractivity contribution >= 4 is 5.97 Å². The van der Waals surface area contributed by atoms with Crippen LogP contribution in [0.1, 0.15) is 39.0 Å². The van der Waals surface area contributed by atoms with Gasteiger partial charge in [-0.1, -0.05) is 13.5 Å². The van der Waals surface area contributed by atoms with Crippen LogP contribution in [0.25, 0.3) is 0 Å². The summed E-state index contributed by atoms with van der Waals surface area (Å²) in [6, 6.07) is 0. The Morgan fingerprint density at radius 1 is 1.32 bits per heavy atom. The molecule has 2 rings (SSSR count). The SMILES string of the molecule is C=CC(=O)OC1CCC(OCC2(CC)COC2)CC1. The van der Waals surface area contributed by atoms with Gasteiger partial charge in [-0.15, -0.1) is 0 Å². The average Bonchev–Trinajstić information content (AvgIpc) is 2.39. The van der Waals surface area contributed by atoms with Gasteiger partial charge in [0.05, 0.1) is 25.9 Å². The van der Waals surface area contributed by atoms with Crippen molar-refractivity contribution in [3.05, 3.63) is 12.7 Å². The zero-order valence-corrected chi connectivity index (χ0v) is 11.7. The monoisotopic (exact) mass is 268 g/mol. The van der Waals surface area contributed by atoms with Gasteiger partial charge in [0.25, 0.3) is 0 Å². The van der Waals surface area contributed by atoms with Gasteiger partial charge >= 0.3 is 5.97 Å². The Morgan fingerprint density at radius 3 is 2.42 bits per heavy atom. The van der Waals surface area contributed by atoms with Crippen LogP contribution in [0.3, 0.4) is 0 Å². The molecule has 0 N–H and O–H groups in total. The van der Waals surface area contributed by atoms with Crippen LogP contribution in [-0.4, -0.2) is 38.0 Å². The van der Waals surface area contributed by atoms with Crippen LogP contribution in [-0.2, 0) is 19.0 Å². The van der Waals surface area contributed by atoms with Crippen molar-refractivity contribution in [1.29, 1.82) is 0 Å². The normalized spacial score (nSPS) is 29.3. The second kappa shape index (κ2) is 6.53. The molecule has 0 unspecified atom stereocenters. The van der Waals surface area contributed by atoms with Crippen LogP contribution in [0.5, 0.6) is 0 Å². The molecule has 1 aliphatic heterocycles. The first kappa shape index (κ1) is 14.5. The molecule has 2 fully saturated rings. The number of carbonyl (C=O) groups is 1. The number of hydrogen-bond donors (Lipinski definition) is 0. The van der Waals surface area contributed by atoms with Crippen molar-refractivity contribution < 1.29 is 19.0 Å². The maximum atomic E-state index is 11.1. The summed E-state index contributed by atoms with van der Waals surface area (Å²) in [6.45, 7) is 8.06. The standard InChI is InChI=1S/C15H24O4/c1-3-14(16)19-13-7-5-12(6-8-13)18-11-15(4-2)9-17-10-15/h3,12-13H,1,4-11H2,2H3. The molecule has 4 heteroatoms. The van der Waals surface area contributed by atoms with Gasteiger partial charge in [-0.3, -0.25) is 0 Å². The summed E-state index contributed by atoms with van der Waals surface area (Å²) in [5.41, 5.74) is 0.256. The van der Waals surface area contributed by atoms with E-state index in [0.29, 0.717) is 6.10 Å². The lowest BCUT2D eigenvalue weighted by molar-refractivity contribution is -0.167. The molecule has 0 aromatic carbocycles. The second-order valence-electron chi connectivity index (χ2n) is 5.70. The van der Waals surface area contributed by atoms with Gasteiger partial charge in [0.15, 0.2) is 0 Å². The van der Waals surface area contributed by atoms with Gasteiger partial charge in [-0.05, 0) is 32.1 Å². The quantitative estimate of drug-likeness (QED) is 0.548. The van der Waals surface area contributed by atoms with Crippen molar-refractivity contribution in [3.63, 3.8) is 0 Å². The first-order valence-corrected chi connectivity index (χ1v) is 7.20. The largest absolute Gasteiger partial charge is 0.459 e. The van der Waals surface area contributed by atoms with Crippen LogP contribution in [0.4, 0.5) is 0 Å². The fourth-order valence-corrected chi connectivity index (χ4v) is 2.60. The van der Waals surface area contributed by atoms with Crippen LogP contribution in [0.15, 0.2) is 12.7 Å². The third-order valence-corrected chi connectivity index (χ3v) is 4.26. The van der Waals surface area contributed by atoms with Gasteiger partial charge in [0, 0.05) is 11.5 Å². The van der Waals surface area contributed by atoms with E-state index in [2.05, 4.69) is 13.5 Å². The second-order valence-corrected chi connectivity index (χ2v) is 5.70. The number of esters is 1. The fraction of sp³-hybridized carbons (Fsp3) is 0.800. The molecule has 0 bridgehead atoms. The highest BCUT2D eigenvalue weighted by Gasteiger charge is 2.38. The Labute approximate surface area is 115 Å². The van der Waals surface area contributed by atoms with Gasteiger partial charge in [0.1, 0.15) is 6.10 Å². The predicted octanol–water partition coefficient (Wildman–Crippen LogP) is 2.47. The van der Waals surface area contributed by atoms with E-state index in [4.69, 9.17) is 14.2 Å². The van der Waals surface area contributed by atoms with E-state index < -0.39 is 0 Å². The third kappa shape index (κ3) is 3.80. The predicted molar refractivity (Wildman–Crippen MR) is 71.8 cm³/mol. The van der Waals surface area contributed by atoms with E-state index >= 15 is 0 Å². The smallest absolute Gasteiger partial charge is 0.330 e. The summed E-state index contributed by atoms with van der Waals surface area (Å²) in [6.07, 6.45) is 6.40. The molecule has 0 radical (unpaired) electrons. The molecule has 1 heterocycles. The van der Waals surface area contributed by atoms with Crippen molar-refractivity contribution in [3.8, 4) is 0 Å². The van der Waals surface area contributed by atoms with Crippen LogP contribution in [0.2, 0.25) is 0 Å². The molecule has 0 amide bonds. The molecule has 1 saturated carbocycles. The van der Waals surface area contributed by atoms with E-state index in [9.17, 15) is 4.79 Å². The van der Waals surface area contributed by atoms with Crippen molar-refractivity contribution in [1.82, 2.24) is 0 Å². The minimum absolute atomic E-state index is 0.0394. The summed E-state index contributed by atoms with van der Waals surface area (Å²) in [7, 11) is 0. The van der Waals surface area contributed by atoms with Crippen LogP contribution in [0, 0.1) is 5.41 Å². The summed E-state index contributed by atoms with van der Waals surface area (Å²) in [4.78, 5) is 11.1. The highest BCUT2D eigenvalue weighted by Crippen LogP contribution is 2.33. The van der Waals surface area contributed by atoms with E-state index in [-0.39, 0.29) is 17.5 Å². The van der Waals surface area contributed by atoms with E-state index in [0.717, 1.165) is 51.9 Å². The summed E-state index contributed by atoms with van der Waals surface area (Å²) in [5, 5.41) is 0. The Hall–Kier alpha value is -0.870. The average molecular weight is 268 g/mol. The number of rotatable bonds is 6. The highest BCUT2D eigenvalue weighted by molar-refractivity contribution is 5.81. The molecule has 0 atom stereocenters. The summed E-state index contributed by atoms with van der Waals surface area (Å²) in [5.74, 6) is -0.319. The molecule has 1 aliphatic carbocycles. The number of ether oxygens (including phenoxy) is 3. The zero-order valence-electron chi connectivity index (χ0n) is 11.7. The molecular weight excluding hydrogens is 244 g/mol. The van der Waals surface area contributed by atoms with Gasteiger partial charge in [-0.25, -0.2) is 4.79 Å². The summed E-state index contributed by atoms with van der Waals surface area (Å²) < 4.78 is 16.6. The Morgan fingerprint density at radius 2 is 1.95 bits per heavy atom. The Kier molecular flexibility index (Phi) is 4.99.